The molecule has 0 aliphatic rings. The van der Waals surface area contributed by atoms with Crippen LogP contribution in [-0.4, -0.2) is 72.1 Å². The predicted molar refractivity (Wildman–Crippen MR) is 177 cm³/mol. The fourth-order valence-electron chi connectivity index (χ4n) is 4.30. The third kappa shape index (κ3) is 9.47. The molecule has 10 nitrogen and oxygen atoms in total. The van der Waals surface area contributed by atoms with E-state index < -0.39 is 16.1 Å². The molecule has 0 saturated carbocycles. The minimum Gasteiger partial charge on any atom is -0.360 e. The van der Waals surface area contributed by atoms with Crippen LogP contribution < -0.4 is 5.56 Å². The van der Waals surface area contributed by atoms with Gasteiger partial charge in [0.05, 0.1) is 41.9 Å². The van der Waals surface area contributed by atoms with Gasteiger partial charge in [0, 0.05) is 47.3 Å². The molecule has 4 aromatic heterocycles. The molecule has 0 saturated heterocycles. The minimum absolute atomic E-state index is 0.167. The van der Waals surface area contributed by atoms with Crippen LogP contribution >= 0.6 is 0 Å². The maximum absolute atomic E-state index is 13.9. The first-order chi connectivity index (χ1) is 20.3. The lowest BCUT2D eigenvalue weighted by atomic mass is 10.1. The Morgan fingerprint density at radius 3 is 2.30 bits per heavy atom. The van der Waals surface area contributed by atoms with Crippen molar-refractivity contribution in [3.8, 4) is 22.6 Å². The highest BCUT2D eigenvalue weighted by molar-refractivity contribution is 6.76. The van der Waals surface area contributed by atoms with E-state index in [1.165, 1.54) is 0 Å². The highest BCUT2D eigenvalue weighted by Gasteiger charge is 2.19. The molecular weight excluding hydrogens is 577 g/mol. The molecule has 43 heavy (non-hydrogen) atoms. The summed E-state index contributed by atoms with van der Waals surface area (Å²) in [5, 5.41) is 4.95. The summed E-state index contributed by atoms with van der Waals surface area (Å²) >= 11 is 0. The number of pyridine rings is 2. The van der Waals surface area contributed by atoms with Gasteiger partial charge >= 0.3 is 0 Å². The zero-order valence-corrected chi connectivity index (χ0v) is 28.9. The molecule has 0 spiro atoms. The molecule has 0 bridgehead atoms. The van der Waals surface area contributed by atoms with Crippen molar-refractivity contribution in [1.82, 2.24) is 29.3 Å². The molecule has 4 heterocycles. The largest absolute Gasteiger partial charge is 0.360 e. The molecule has 0 amide bonds. The first-order valence-corrected chi connectivity index (χ1v) is 22.3. The number of hydrogen-bond donors (Lipinski definition) is 0. The van der Waals surface area contributed by atoms with Crippen LogP contribution in [0.2, 0.25) is 51.4 Å². The zero-order valence-electron chi connectivity index (χ0n) is 26.9. The Balaban J connectivity index is 1.60. The van der Waals surface area contributed by atoms with Crippen LogP contribution in [0.3, 0.4) is 0 Å². The second-order valence-corrected chi connectivity index (χ2v) is 24.8. The van der Waals surface area contributed by atoms with E-state index >= 15 is 0 Å². The van der Waals surface area contributed by atoms with Gasteiger partial charge in [-0.15, -0.1) is 0 Å². The highest BCUT2D eigenvalue weighted by Crippen LogP contribution is 2.28. The quantitative estimate of drug-likeness (QED) is 0.0873. The van der Waals surface area contributed by atoms with Crippen LogP contribution in [-0.2, 0) is 20.9 Å². The van der Waals surface area contributed by atoms with Crippen LogP contribution in [0.25, 0.3) is 33.5 Å². The maximum Gasteiger partial charge on any atom is 0.261 e. The van der Waals surface area contributed by atoms with Gasteiger partial charge in [-0.25, -0.2) is 14.6 Å². The lowest BCUT2D eigenvalue weighted by Gasteiger charge is -2.18. The molecule has 0 unspecified atom stereocenters. The van der Waals surface area contributed by atoms with Crippen molar-refractivity contribution >= 4 is 27.1 Å². The van der Waals surface area contributed by atoms with Crippen molar-refractivity contribution in [2.24, 2.45) is 0 Å². The van der Waals surface area contributed by atoms with E-state index in [9.17, 15) is 4.79 Å². The summed E-state index contributed by atoms with van der Waals surface area (Å²) in [7, 11) is -2.33. The normalized spacial score (nSPS) is 13.1. The van der Waals surface area contributed by atoms with Gasteiger partial charge in [0.1, 0.15) is 24.7 Å². The van der Waals surface area contributed by atoms with Crippen molar-refractivity contribution in [3.05, 3.63) is 59.0 Å². The van der Waals surface area contributed by atoms with Gasteiger partial charge in [0.15, 0.2) is 0 Å². The topological polar surface area (TPSA) is 106 Å². The van der Waals surface area contributed by atoms with Gasteiger partial charge in [-0.05, 0) is 43.6 Å². The Hall–Kier alpha value is -3.04. The monoisotopic (exact) mass is 622 g/mol. The highest BCUT2D eigenvalue weighted by atomic mass is 28.3. The Kier molecular flexibility index (Phi) is 10.8. The fourth-order valence-corrected chi connectivity index (χ4v) is 5.81. The van der Waals surface area contributed by atoms with Gasteiger partial charge in [-0.1, -0.05) is 45.3 Å². The number of rotatable bonds is 15. The molecule has 0 aliphatic carbocycles. The minimum atomic E-state index is -1.18. The zero-order chi connectivity index (χ0) is 31.2. The summed E-state index contributed by atoms with van der Waals surface area (Å²) in [4.78, 5) is 28.1. The van der Waals surface area contributed by atoms with Gasteiger partial charge in [-0.2, -0.15) is 5.10 Å². The number of aromatic nitrogens is 6. The lowest BCUT2D eigenvalue weighted by molar-refractivity contribution is -0.0577. The van der Waals surface area contributed by atoms with Crippen LogP contribution in [0.4, 0.5) is 0 Å². The molecule has 0 aromatic carbocycles. The van der Waals surface area contributed by atoms with Crippen LogP contribution in [0, 0.1) is 6.92 Å². The molecule has 0 N–H and O–H groups in total. The second-order valence-electron chi connectivity index (χ2n) is 13.6. The molecule has 0 aliphatic heterocycles. The van der Waals surface area contributed by atoms with Crippen LogP contribution in [0.1, 0.15) is 18.5 Å². The predicted octanol–water partition coefficient (Wildman–Crippen LogP) is 6.23. The summed E-state index contributed by atoms with van der Waals surface area (Å²) in [5.41, 5.74) is 3.99. The maximum atomic E-state index is 13.9. The van der Waals surface area contributed by atoms with Gasteiger partial charge in [0.2, 0.25) is 0 Å². The number of nitrogens with zero attached hydrogens (tertiary/aromatic N) is 6. The molecule has 232 valence electrons. The van der Waals surface area contributed by atoms with Gasteiger partial charge < -0.3 is 14.2 Å². The Morgan fingerprint density at radius 2 is 1.63 bits per heavy atom. The van der Waals surface area contributed by atoms with Crippen molar-refractivity contribution in [2.45, 2.75) is 78.0 Å². The van der Waals surface area contributed by atoms with E-state index in [0.717, 1.165) is 23.2 Å². The van der Waals surface area contributed by atoms with Crippen molar-refractivity contribution in [2.75, 3.05) is 26.6 Å². The average molecular weight is 623 g/mol. The van der Waals surface area contributed by atoms with Gasteiger partial charge in [-0.3, -0.25) is 14.3 Å². The number of hydrogen-bond acceptors (Lipinski definition) is 8. The first kappa shape index (κ1) is 32.9. The number of ether oxygens (including phenoxy) is 3. The van der Waals surface area contributed by atoms with E-state index in [-0.39, 0.29) is 18.4 Å². The average Bonchev–Trinajstić information content (AvgIpc) is 3.41. The summed E-state index contributed by atoms with van der Waals surface area (Å²) in [6.07, 6.45) is 6.99. The molecule has 12 heteroatoms. The van der Waals surface area contributed by atoms with Crippen molar-refractivity contribution < 1.29 is 14.2 Å². The fraction of sp³-hybridized carbons (Fsp3) is 0.516. The molecule has 0 fully saturated rings. The van der Waals surface area contributed by atoms with E-state index in [4.69, 9.17) is 24.2 Å². The molecule has 0 radical (unpaired) electrons. The molecular formula is C31H46N6O4Si2. The van der Waals surface area contributed by atoms with Crippen LogP contribution in [0.5, 0.6) is 0 Å². The van der Waals surface area contributed by atoms with E-state index in [1.54, 1.807) is 34.0 Å². The summed E-state index contributed by atoms with van der Waals surface area (Å²) in [6.45, 7) is 20.1. The Labute approximate surface area is 256 Å². The summed E-state index contributed by atoms with van der Waals surface area (Å²) < 4.78 is 20.7. The third-order valence-electron chi connectivity index (χ3n) is 7.07. The van der Waals surface area contributed by atoms with Crippen molar-refractivity contribution in [3.63, 3.8) is 0 Å². The van der Waals surface area contributed by atoms with E-state index in [1.807, 2.05) is 32.2 Å². The number of aryl methyl sites for hydroxylation is 1. The standard InChI is InChI=1S/C31H46N6O4Si2/c1-23-9-10-27(32-16-23)28-15-26-30(29(35-28)25-17-34-36(18-25)21-39-11-13-42(3,4)5)33-20-37(31(26)38)24(2)19-41-22-40-12-14-43(6,7)8/h9-10,15-18,20,24H,11-14,19,21-22H2,1-8H3/t24-/m0/s1. The second kappa shape index (κ2) is 14.2. The van der Waals surface area contributed by atoms with E-state index in [0.29, 0.717) is 54.5 Å². The summed E-state index contributed by atoms with van der Waals surface area (Å²) in [5.74, 6) is 0. The Morgan fingerprint density at radius 1 is 0.907 bits per heavy atom. The Bertz CT molecular complexity index is 1560. The number of fused-ring (bicyclic) bond motifs is 1. The first-order valence-electron chi connectivity index (χ1n) is 14.9. The third-order valence-corrected chi connectivity index (χ3v) is 10.5. The van der Waals surface area contributed by atoms with Crippen molar-refractivity contribution in [1.29, 1.82) is 0 Å². The SMILES string of the molecule is Cc1ccc(-c2cc3c(=O)n([C@@H](C)COCOCC[Si](C)(C)C)cnc3c(-c3cnn(COCC[Si](C)(C)C)c3)n2)nc1. The van der Waals surface area contributed by atoms with E-state index in [2.05, 4.69) is 49.4 Å². The smallest absolute Gasteiger partial charge is 0.261 e. The molecule has 1 atom stereocenters. The molecule has 4 aromatic rings. The van der Waals surface area contributed by atoms with Gasteiger partial charge in [0.25, 0.3) is 5.56 Å². The summed E-state index contributed by atoms with van der Waals surface area (Å²) in [6, 6.07) is 7.61. The van der Waals surface area contributed by atoms with Crippen LogP contribution in [0.15, 0.2) is 47.9 Å². The lowest BCUT2D eigenvalue weighted by Crippen LogP contribution is -2.27. The molecule has 4 rings (SSSR count).